The molecule has 0 aromatic carbocycles. The molecule has 0 aromatic heterocycles. The first-order valence-corrected chi connectivity index (χ1v) is 25.3. The summed E-state index contributed by atoms with van der Waals surface area (Å²) in [6, 6.07) is 0. The van der Waals surface area contributed by atoms with Gasteiger partial charge in [-0.2, -0.15) is 0 Å². The summed E-state index contributed by atoms with van der Waals surface area (Å²) in [7, 11) is -6.07. The van der Waals surface area contributed by atoms with E-state index in [1.807, 2.05) is 0 Å². The Hall–Kier alpha value is 0.201. The molecule has 41 heavy (non-hydrogen) atoms. The Balaban J connectivity index is 6.25. The molecule has 0 rings (SSSR count). The summed E-state index contributed by atoms with van der Waals surface area (Å²) >= 11 is 0. The molecular weight excluding hydrogens is 557 g/mol. The normalized spacial score (nSPS) is 17.0. The topological polar surface area (TPSA) is 44.8 Å². The van der Waals surface area contributed by atoms with Gasteiger partial charge in [0.15, 0.2) is 25.0 Å². The lowest BCUT2D eigenvalue weighted by atomic mass is 9.77. The standard InChI is InChI=1S/C34H74O4Si3/c1-20-21-22-23-27(2)28(37-40(16,17)32(6,7)8)26-29(35)34(12,13)30(38-41(18,19)33(9,10)11)24-25-36-39(14,15)31(3,4)5/h27-28,30H,20-26H2,1-19H3. The molecule has 0 heterocycles. The Morgan fingerprint density at radius 2 is 1.10 bits per heavy atom. The number of unbranched alkanes of at least 4 members (excludes halogenated alkanes) is 2. The molecule has 0 aliphatic rings. The molecule has 7 heteroatoms. The number of hydrogen-bond acceptors (Lipinski definition) is 4. The molecule has 0 spiro atoms. The van der Waals surface area contributed by atoms with Crippen molar-refractivity contribution in [3.8, 4) is 0 Å². The molecule has 0 saturated heterocycles. The highest BCUT2D eigenvalue weighted by Crippen LogP contribution is 2.43. The van der Waals surface area contributed by atoms with E-state index in [2.05, 4.69) is 129 Å². The van der Waals surface area contributed by atoms with Crippen molar-refractivity contribution in [2.45, 2.75) is 195 Å². The molecule has 0 saturated carbocycles. The molecule has 4 nitrogen and oxygen atoms in total. The van der Waals surface area contributed by atoms with E-state index in [-0.39, 0.29) is 33.1 Å². The highest BCUT2D eigenvalue weighted by molar-refractivity contribution is 6.75. The van der Waals surface area contributed by atoms with Crippen molar-refractivity contribution in [3.05, 3.63) is 0 Å². The summed E-state index contributed by atoms with van der Waals surface area (Å²) in [5, 5.41) is 0.310. The Bertz CT molecular complexity index is 798. The van der Waals surface area contributed by atoms with E-state index in [0.29, 0.717) is 18.9 Å². The van der Waals surface area contributed by atoms with E-state index < -0.39 is 30.4 Å². The lowest BCUT2D eigenvalue weighted by Gasteiger charge is -2.45. The van der Waals surface area contributed by atoms with Gasteiger partial charge in [0, 0.05) is 18.4 Å². The Morgan fingerprint density at radius 3 is 1.51 bits per heavy atom. The first-order chi connectivity index (χ1) is 18.0. The lowest BCUT2D eigenvalue weighted by Crippen LogP contribution is -2.52. The molecule has 0 fully saturated rings. The van der Waals surface area contributed by atoms with Crippen molar-refractivity contribution in [2.75, 3.05) is 6.61 Å². The van der Waals surface area contributed by atoms with E-state index in [1.165, 1.54) is 19.3 Å². The van der Waals surface area contributed by atoms with Crippen molar-refractivity contribution in [3.63, 3.8) is 0 Å². The van der Waals surface area contributed by atoms with Gasteiger partial charge in [-0.25, -0.2) is 0 Å². The number of Topliss-reactive ketones (excluding diaryl/α,β-unsaturated/α-hetero) is 1. The smallest absolute Gasteiger partial charge is 0.192 e. The van der Waals surface area contributed by atoms with Crippen LogP contribution in [0.3, 0.4) is 0 Å². The van der Waals surface area contributed by atoms with Crippen molar-refractivity contribution < 1.29 is 18.1 Å². The number of ketones is 1. The second-order valence-electron chi connectivity index (χ2n) is 18.0. The second-order valence-corrected chi connectivity index (χ2v) is 32.3. The van der Waals surface area contributed by atoms with Gasteiger partial charge in [-0.05, 0) is 73.2 Å². The van der Waals surface area contributed by atoms with E-state index in [1.54, 1.807) is 0 Å². The quantitative estimate of drug-likeness (QED) is 0.118. The molecule has 3 unspecified atom stereocenters. The predicted octanol–water partition coefficient (Wildman–Crippen LogP) is 11.4. The Kier molecular flexibility index (Phi) is 15.1. The van der Waals surface area contributed by atoms with Gasteiger partial charge < -0.3 is 13.3 Å². The fourth-order valence-corrected chi connectivity index (χ4v) is 8.14. The van der Waals surface area contributed by atoms with Crippen molar-refractivity contribution in [1.29, 1.82) is 0 Å². The van der Waals surface area contributed by atoms with Crippen LogP contribution in [0.2, 0.25) is 54.4 Å². The zero-order valence-corrected chi connectivity index (χ0v) is 34.3. The minimum atomic E-state index is -2.12. The van der Waals surface area contributed by atoms with Crippen LogP contribution in [-0.2, 0) is 18.1 Å². The molecule has 0 amide bonds. The highest BCUT2D eigenvalue weighted by atomic mass is 28.4. The zero-order chi connectivity index (χ0) is 32.9. The molecule has 3 atom stereocenters. The first kappa shape index (κ1) is 41.2. The van der Waals surface area contributed by atoms with E-state index in [0.717, 1.165) is 12.8 Å². The van der Waals surface area contributed by atoms with Crippen molar-refractivity contribution in [2.24, 2.45) is 11.3 Å². The maximum atomic E-state index is 14.4. The van der Waals surface area contributed by atoms with E-state index in [9.17, 15) is 4.79 Å². The van der Waals surface area contributed by atoms with Gasteiger partial charge in [0.1, 0.15) is 5.78 Å². The minimum absolute atomic E-state index is 0.0588. The SMILES string of the molecule is CCCCCC(C)C(CC(=O)C(C)(C)C(CCO[Si](C)(C)C(C)(C)C)O[Si](C)(C)C(C)(C)C)O[Si](C)(C)C(C)(C)C. The van der Waals surface area contributed by atoms with Crippen LogP contribution in [0, 0.1) is 11.3 Å². The van der Waals surface area contributed by atoms with Gasteiger partial charge in [-0.1, -0.05) is 109 Å². The van der Waals surface area contributed by atoms with Gasteiger partial charge in [0.05, 0.1) is 12.2 Å². The fraction of sp³-hybridized carbons (Fsp3) is 0.971. The summed E-state index contributed by atoms with van der Waals surface area (Å²) < 4.78 is 20.7. The summed E-state index contributed by atoms with van der Waals surface area (Å²) in [5.74, 6) is 0.608. The Labute approximate surface area is 261 Å². The molecular formula is C34H74O4Si3. The average molecular weight is 631 g/mol. The van der Waals surface area contributed by atoms with Crippen LogP contribution in [0.1, 0.15) is 129 Å². The molecule has 0 aromatic rings. The Morgan fingerprint density at radius 1 is 0.659 bits per heavy atom. The predicted molar refractivity (Wildman–Crippen MR) is 189 cm³/mol. The van der Waals surface area contributed by atoms with Gasteiger partial charge >= 0.3 is 0 Å². The van der Waals surface area contributed by atoms with Gasteiger partial charge in [0.25, 0.3) is 0 Å². The number of carbonyl (C=O) groups excluding carboxylic acids is 1. The largest absolute Gasteiger partial charge is 0.417 e. The van der Waals surface area contributed by atoms with Crippen LogP contribution in [-0.4, -0.2) is 49.6 Å². The molecule has 246 valence electrons. The summed E-state index contributed by atoms with van der Waals surface area (Å²) in [6.07, 6.45) is 5.66. The zero-order valence-electron chi connectivity index (χ0n) is 31.3. The van der Waals surface area contributed by atoms with Crippen LogP contribution >= 0.6 is 0 Å². The fourth-order valence-electron chi connectivity index (χ4n) is 4.18. The van der Waals surface area contributed by atoms with Crippen LogP contribution in [0.4, 0.5) is 0 Å². The van der Waals surface area contributed by atoms with E-state index >= 15 is 0 Å². The van der Waals surface area contributed by atoms with Crippen molar-refractivity contribution in [1.82, 2.24) is 0 Å². The third-order valence-corrected chi connectivity index (χ3v) is 24.5. The first-order valence-electron chi connectivity index (χ1n) is 16.6. The summed E-state index contributed by atoms with van der Waals surface area (Å²) in [4.78, 5) is 14.4. The molecule has 0 aliphatic carbocycles. The van der Waals surface area contributed by atoms with Gasteiger partial charge in [0.2, 0.25) is 0 Å². The number of rotatable bonds is 17. The van der Waals surface area contributed by atoms with Crippen LogP contribution < -0.4 is 0 Å². The van der Waals surface area contributed by atoms with E-state index in [4.69, 9.17) is 13.3 Å². The molecule has 0 bridgehead atoms. The van der Waals surface area contributed by atoms with Crippen molar-refractivity contribution >= 4 is 30.7 Å². The minimum Gasteiger partial charge on any atom is -0.417 e. The third-order valence-electron chi connectivity index (χ3n) is 11.0. The third kappa shape index (κ3) is 12.3. The van der Waals surface area contributed by atoms with Crippen LogP contribution in [0.5, 0.6) is 0 Å². The lowest BCUT2D eigenvalue weighted by molar-refractivity contribution is -0.135. The number of carbonyl (C=O) groups is 1. The molecule has 0 aliphatic heterocycles. The maximum Gasteiger partial charge on any atom is 0.192 e. The maximum absolute atomic E-state index is 14.4. The van der Waals surface area contributed by atoms with Crippen LogP contribution in [0.25, 0.3) is 0 Å². The van der Waals surface area contributed by atoms with Gasteiger partial charge in [-0.3, -0.25) is 4.79 Å². The average Bonchev–Trinajstić information content (AvgIpc) is 2.75. The number of hydrogen-bond donors (Lipinski definition) is 0. The van der Waals surface area contributed by atoms with Gasteiger partial charge in [-0.15, -0.1) is 0 Å². The second kappa shape index (κ2) is 15.0. The summed E-state index contributed by atoms with van der Waals surface area (Å²) in [6.45, 7) is 43.8. The van der Waals surface area contributed by atoms with Crippen LogP contribution in [0.15, 0.2) is 0 Å². The monoisotopic (exact) mass is 630 g/mol. The summed E-state index contributed by atoms with van der Waals surface area (Å²) in [5.41, 5.74) is -0.634. The molecule has 0 radical (unpaired) electrons. The molecule has 0 N–H and O–H groups in total. The highest BCUT2D eigenvalue weighted by Gasteiger charge is 2.47.